The Kier molecular flexibility index (Phi) is 5.16. The molecule has 2 aromatic rings. The van der Waals surface area contributed by atoms with Gasteiger partial charge in [0, 0.05) is 25.4 Å². The lowest BCUT2D eigenvalue weighted by Crippen LogP contribution is -2.30. The zero-order chi connectivity index (χ0) is 16.9. The smallest absolute Gasteiger partial charge is 0.303 e. The van der Waals surface area contributed by atoms with Crippen LogP contribution in [0.3, 0.4) is 0 Å². The molecule has 0 fully saturated rings. The third-order valence-electron chi connectivity index (χ3n) is 3.52. The first kappa shape index (κ1) is 16.7. The number of carboxylic acid groups (broad SMARTS) is 1. The second kappa shape index (κ2) is 7.09. The molecule has 0 unspecified atom stereocenters. The number of hydrogen-bond acceptors (Lipinski definition) is 3. The fraction of sp³-hybridized carbons (Fsp3) is 0.353. The highest BCUT2D eigenvalue weighted by Crippen LogP contribution is 2.24. The monoisotopic (exact) mass is 315 g/mol. The molecule has 6 nitrogen and oxygen atoms in total. The molecule has 6 heteroatoms. The van der Waals surface area contributed by atoms with Crippen molar-refractivity contribution in [3.8, 4) is 5.69 Å². The van der Waals surface area contributed by atoms with E-state index in [1.165, 1.54) is 0 Å². The minimum Gasteiger partial charge on any atom is -0.481 e. The van der Waals surface area contributed by atoms with Gasteiger partial charge in [0.25, 0.3) is 0 Å². The Bertz CT molecular complexity index is 678. The number of imidazole rings is 1. The molecule has 1 aromatic carbocycles. The first-order valence-electron chi connectivity index (χ1n) is 7.42. The number of carbonyl (C=O) groups is 2. The van der Waals surface area contributed by atoms with E-state index in [2.05, 4.69) is 10.3 Å². The van der Waals surface area contributed by atoms with Gasteiger partial charge in [-0.1, -0.05) is 32.0 Å². The van der Waals surface area contributed by atoms with E-state index >= 15 is 0 Å². The molecule has 23 heavy (non-hydrogen) atoms. The lowest BCUT2D eigenvalue weighted by Gasteiger charge is -2.21. The van der Waals surface area contributed by atoms with Crippen LogP contribution in [-0.4, -0.2) is 26.5 Å². The highest BCUT2D eigenvalue weighted by Gasteiger charge is 2.25. The average molecular weight is 315 g/mol. The number of nitrogens with zero attached hydrogens (tertiary/aromatic N) is 2. The van der Waals surface area contributed by atoms with Gasteiger partial charge in [-0.15, -0.1) is 0 Å². The number of hydrogen-bond donors (Lipinski definition) is 2. The largest absolute Gasteiger partial charge is 0.481 e. The molecule has 0 bridgehead atoms. The lowest BCUT2D eigenvalue weighted by atomic mass is 9.85. The lowest BCUT2D eigenvalue weighted by molar-refractivity contribution is -0.139. The van der Waals surface area contributed by atoms with Gasteiger partial charge in [0.2, 0.25) is 5.91 Å². The second-order valence-electron chi connectivity index (χ2n) is 6.29. The van der Waals surface area contributed by atoms with Gasteiger partial charge in [0.15, 0.2) is 0 Å². The fourth-order valence-electron chi connectivity index (χ4n) is 2.48. The van der Waals surface area contributed by atoms with Gasteiger partial charge in [-0.2, -0.15) is 0 Å². The predicted octanol–water partition coefficient (Wildman–Crippen LogP) is 2.38. The summed E-state index contributed by atoms with van der Waals surface area (Å²) in [6.45, 7) is 3.94. The number of nitrogens with one attached hydrogen (secondary N) is 1. The van der Waals surface area contributed by atoms with Crippen LogP contribution in [0.25, 0.3) is 5.69 Å². The zero-order valence-corrected chi connectivity index (χ0v) is 13.3. The second-order valence-corrected chi connectivity index (χ2v) is 6.29. The van der Waals surface area contributed by atoms with Crippen LogP contribution >= 0.6 is 0 Å². The number of benzene rings is 1. The summed E-state index contributed by atoms with van der Waals surface area (Å²) in [4.78, 5) is 26.9. The molecule has 0 aliphatic carbocycles. The van der Waals surface area contributed by atoms with Crippen LogP contribution < -0.4 is 5.32 Å². The first-order valence-corrected chi connectivity index (χ1v) is 7.42. The standard InChI is InChI=1S/C17H21N3O3/c1-17(2,10-16(22)23)9-15(21)19-11-13-5-3-4-6-14(13)20-8-7-18-12-20/h3-8,12H,9-11H2,1-2H3,(H,19,21)(H,22,23). The van der Waals surface area contributed by atoms with Gasteiger partial charge in [-0.05, 0) is 17.0 Å². The quantitative estimate of drug-likeness (QED) is 0.821. The fourth-order valence-corrected chi connectivity index (χ4v) is 2.48. The number of aliphatic carboxylic acids is 1. The van der Waals surface area contributed by atoms with Crippen LogP contribution in [0.5, 0.6) is 0 Å². The highest BCUT2D eigenvalue weighted by atomic mass is 16.4. The number of para-hydroxylation sites is 1. The number of carboxylic acids is 1. The molecule has 0 aliphatic rings. The third-order valence-corrected chi connectivity index (χ3v) is 3.52. The van der Waals surface area contributed by atoms with Gasteiger partial charge < -0.3 is 15.0 Å². The molecule has 2 rings (SSSR count). The van der Waals surface area contributed by atoms with Crippen molar-refractivity contribution in [3.63, 3.8) is 0 Å². The number of carbonyl (C=O) groups excluding carboxylic acids is 1. The molecule has 0 atom stereocenters. The Morgan fingerprint density at radius 1 is 1.26 bits per heavy atom. The van der Waals surface area contributed by atoms with Gasteiger partial charge in [-0.25, -0.2) is 4.98 Å². The van der Waals surface area contributed by atoms with Crippen molar-refractivity contribution >= 4 is 11.9 Å². The van der Waals surface area contributed by atoms with Crippen molar-refractivity contribution in [1.82, 2.24) is 14.9 Å². The summed E-state index contributed by atoms with van der Waals surface area (Å²) in [6, 6.07) is 7.74. The minimum atomic E-state index is -0.895. The summed E-state index contributed by atoms with van der Waals surface area (Å²) in [5, 5.41) is 11.7. The topological polar surface area (TPSA) is 84.2 Å². The summed E-state index contributed by atoms with van der Waals surface area (Å²) < 4.78 is 1.88. The summed E-state index contributed by atoms with van der Waals surface area (Å²) in [5.41, 5.74) is 1.35. The van der Waals surface area contributed by atoms with Crippen molar-refractivity contribution in [2.45, 2.75) is 33.2 Å². The van der Waals surface area contributed by atoms with Gasteiger partial charge >= 0.3 is 5.97 Å². The Morgan fingerprint density at radius 2 is 2.00 bits per heavy atom. The molecule has 0 spiro atoms. The van der Waals surface area contributed by atoms with Crippen LogP contribution in [0.15, 0.2) is 43.0 Å². The molecule has 1 heterocycles. The van der Waals surface area contributed by atoms with E-state index in [-0.39, 0.29) is 18.7 Å². The number of amides is 1. The van der Waals surface area contributed by atoms with Crippen LogP contribution in [0.4, 0.5) is 0 Å². The van der Waals surface area contributed by atoms with Crippen molar-refractivity contribution < 1.29 is 14.7 Å². The van der Waals surface area contributed by atoms with Gasteiger partial charge in [0.1, 0.15) is 0 Å². The number of aromatic nitrogens is 2. The Balaban J connectivity index is 1.99. The molecule has 0 aliphatic heterocycles. The van der Waals surface area contributed by atoms with Crippen LogP contribution in [0.1, 0.15) is 32.3 Å². The minimum absolute atomic E-state index is 0.0357. The maximum atomic E-state index is 12.1. The zero-order valence-electron chi connectivity index (χ0n) is 13.3. The molecular weight excluding hydrogens is 294 g/mol. The molecule has 2 N–H and O–H groups in total. The van der Waals surface area contributed by atoms with Crippen molar-refractivity contribution in [2.24, 2.45) is 5.41 Å². The third kappa shape index (κ3) is 4.95. The van der Waals surface area contributed by atoms with E-state index in [0.29, 0.717) is 6.54 Å². The maximum absolute atomic E-state index is 12.1. The van der Waals surface area contributed by atoms with Crippen molar-refractivity contribution in [3.05, 3.63) is 48.5 Å². The molecule has 1 aromatic heterocycles. The molecule has 1 amide bonds. The highest BCUT2D eigenvalue weighted by molar-refractivity contribution is 5.78. The Labute approximate surface area is 135 Å². The van der Waals surface area contributed by atoms with E-state index in [9.17, 15) is 9.59 Å². The number of rotatable bonds is 7. The van der Waals surface area contributed by atoms with Gasteiger partial charge in [-0.3, -0.25) is 9.59 Å². The molecular formula is C17H21N3O3. The van der Waals surface area contributed by atoms with Crippen LogP contribution in [0, 0.1) is 5.41 Å². The summed E-state index contributed by atoms with van der Waals surface area (Å²) in [5.74, 6) is -1.05. The Morgan fingerprint density at radius 3 is 2.65 bits per heavy atom. The van der Waals surface area contributed by atoms with Crippen molar-refractivity contribution in [2.75, 3.05) is 0 Å². The van der Waals surface area contributed by atoms with Crippen LogP contribution in [0.2, 0.25) is 0 Å². The molecule has 0 saturated heterocycles. The summed E-state index contributed by atoms with van der Waals surface area (Å²) in [6.07, 6.45) is 5.38. The van der Waals surface area contributed by atoms with E-state index in [0.717, 1.165) is 11.3 Å². The van der Waals surface area contributed by atoms with Crippen LogP contribution in [-0.2, 0) is 16.1 Å². The summed E-state index contributed by atoms with van der Waals surface area (Å²) >= 11 is 0. The average Bonchev–Trinajstić information content (AvgIpc) is 2.97. The SMILES string of the molecule is CC(C)(CC(=O)O)CC(=O)NCc1ccccc1-n1ccnc1. The normalized spacial score (nSPS) is 11.2. The van der Waals surface area contributed by atoms with E-state index in [1.807, 2.05) is 35.0 Å². The molecule has 0 saturated carbocycles. The molecule has 122 valence electrons. The van der Waals surface area contributed by atoms with E-state index in [4.69, 9.17) is 5.11 Å². The van der Waals surface area contributed by atoms with Gasteiger partial charge in [0.05, 0.1) is 18.4 Å². The predicted molar refractivity (Wildman–Crippen MR) is 86.1 cm³/mol. The maximum Gasteiger partial charge on any atom is 0.303 e. The van der Waals surface area contributed by atoms with Crippen molar-refractivity contribution in [1.29, 1.82) is 0 Å². The summed E-state index contributed by atoms with van der Waals surface area (Å²) in [7, 11) is 0. The first-order chi connectivity index (χ1) is 10.9. The van der Waals surface area contributed by atoms with E-state index < -0.39 is 11.4 Å². The molecule has 0 radical (unpaired) electrons. The Hall–Kier alpha value is -2.63. The van der Waals surface area contributed by atoms with E-state index in [1.54, 1.807) is 26.4 Å².